The number of nitrogens with one attached hydrogen (secondary N) is 1. The van der Waals surface area contributed by atoms with Crippen molar-refractivity contribution < 1.29 is 4.79 Å². The molecule has 1 aliphatic heterocycles. The van der Waals surface area contributed by atoms with Crippen LogP contribution in [0.25, 0.3) is 0 Å². The topological polar surface area (TPSA) is 59.4 Å². The second kappa shape index (κ2) is 8.62. The van der Waals surface area contributed by atoms with Crippen LogP contribution in [0.4, 0.5) is 11.4 Å². The van der Waals surface area contributed by atoms with Gasteiger partial charge in [0.1, 0.15) is 11.6 Å². The highest BCUT2D eigenvalue weighted by Gasteiger charge is 2.18. The Kier molecular flexibility index (Phi) is 6.00. The maximum absolute atomic E-state index is 12.6. The van der Waals surface area contributed by atoms with Crippen molar-refractivity contribution >= 4 is 17.3 Å². The molecular weight excluding hydrogens is 348 g/mol. The van der Waals surface area contributed by atoms with Crippen molar-refractivity contribution in [1.82, 2.24) is 4.90 Å². The molecule has 0 saturated carbocycles. The van der Waals surface area contributed by atoms with Crippen LogP contribution in [-0.4, -0.2) is 37.0 Å². The van der Waals surface area contributed by atoms with Crippen LogP contribution >= 0.6 is 0 Å². The number of piperazine rings is 1. The Morgan fingerprint density at radius 2 is 1.79 bits per heavy atom. The SMILES string of the molecule is Cc1cccc(N2CCN(/C=C(/C#N)C(=O)Nc3cccc(C)c3C)CC2)c1. The molecule has 0 bridgehead atoms. The number of nitriles is 1. The molecule has 5 nitrogen and oxygen atoms in total. The molecule has 28 heavy (non-hydrogen) atoms. The number of nitrogens with zero attached hydrogens (tertiary/aromatic N) is 3. The van der Waals surface area contributed by atoms with Crippen molar-refractivity contribution in [3.63, 3.8) is 0 Å². The van der Waals surface area contributed by atoms with Crippen molar-refractivity contribution in [3.8, 4) is 6.07 Å². The maximum atomic E-state index is 12.6. The van der Waals surface area contributed by atoms with Gasteiger partial charge in [0.05, 0.1) is 0 Å². The van der Waals surface area contributed by atoms with Gasteiger partial charge in [0.25, 0.3) is 5.91 Å². The number of rotatable bonds is 4. The molecule has 1 N–H and O–H groups in total. The molecule has 1 aliphatic rings. The van der Waals surface area contributed by atoms with Crippen molar-refractivity contribution in [3.05, 3.63) is 70.9 Å². The van der Waals surface area contributed by atoms with Gasteiger partial charge in [0.15, 0.2) is 0 Å². The van der Waals surface area contributed by atoms with Gasteiger partial charge in [-0.05, 0) is 55.7 Å². The van der Waals surface area contributed by atoms with Gasteiger partial charge in [-0.25, -0.2) is 0 Å². The molecule has 3 rings (SSSR count). The molecule has 0 radical (unpaired) electrons. The second-order valence-corrected chi connectivity index (χ2v) is 7.22. The summed E-state index contributed by atoms with van der Waals surface area (Å²) in [5.74, 6) is -0.364. The maximum Gasteiger partial charge on any atom is 0.267 e. The third kappa shape index (κ3) is 4.52. The number of anilines is 2. The Balaban J connectivity index is 1.64. The lowest BCUT2D eigenvalue weighted by molar-refractivity contribution is -0.112. The molecule has 2 aromatic carbocycles. The second-order valence-electron chi connectivity index (χ2n) is 7.22. The molecule has 0 unspecified atom stereocenters. The summed E-state index contributed by atoms with van der Waals surface area (Å²) in [6.45, 7) is 9.32. The van der Waals surface area contributed by atoms with E-state index in [1.54, 1.807) is 6.20 Å². The van der Waals surface area contributed by atoms with Crippen LogP contribution in [0, 0.1) is 32.1 Å². The minimum Gasteiger partial charge on any atom is -0.373 e. The Bertz CT molecular complexity index is 934. The number of hydrogen-bond acceptors (Lipinski definition) is 4. The Morgan fingerprint density at radius 3 is 2.46 bits per heavy atom. The Hall–Kier alpha value is -3.26. The zero-order valence-corrected chi connectivity index (χ0v) is 16.7. The van der Waals surface area contributed by atoms with Gasteiger partial charge in [-0.1, -0.05) is 24.3 Å². The standard InChI is InChI=1S/C23H26N4O/c1-17-6-4-8-21(14-17)27-12-10-26(11-13-27)16-20(15-24)23(28)25-22-9-5-7-18(2)19(22)3/h4-9,14,16H,10-13H2,1-3H3,(H,25,28)/b20-16-. The number of hydrogen-bond donors (Lipinski definition) is 1. The highest BCUT2D eigenvalue weighted by Crippen LogP contribution is 2.20. The minimum atomic E-state index is -0.364. The summed E-state index contributed by atoms with van der Waals surface area (Å²) in [6.07, 6.45) is 1.69. The quantitative estimate of drug-likeness (QED) is 0.654. The normalized spacial score (nSPS) is 14.6. The van der Waals surface area contributed by atoms with E-state index in [9.17, 15) is 10.1 Å². The van der Waals surface area contributed by atoms with E-state index in [-0.39, 0.29) is 11.5 Å². The van der Waals surface area contributed by atoms with E-state index in [0.717, 1.165) is 43.0 Å². The number of aryl methyl sites for hydroxylation is 2. The van der Waals surface area contributed by atoms with Gasteiger partial charge >= 0.3 is 0 Å². The zero-order valence-electron chi connectivity index (χ0n) is 16.7. The summed E-state index contributed by atoms with van der Waals surface area (Å²) >= 11 is 0. The van der Waals surface area contributed by atoms with E-state index in [1.165, 1.54) is 11.3 Å². The fraction of sp³-hybridized carbons (Fsp3) is 0.304. The van der Waals surface area contributed by atoms with Crippen LogP contribution in [0.2, 0.25) is 0 Å². The van der Waals surface area contributed by atoms with Gasteiger partial charge < -0.3 is 15.1 Å². The fourth-order valence-corrected chi connectivity index (χ4v) is 3.33. The minimum absolute atomic E-state index is 0.130. The van der Waals surface area contributed by atoms with Crippen LogP contribution < -0.4 is 10.2 Å². The van der Waals surface area contributed by atoms with Crippen molar-refractivity contribution in [2.75, 3.05) is 36.4 Å². The number of benzene rings is 2. The lowest BCUT2D eigenvalue weighted by Crippen LogP contribution is -2.44. The number of amides is 1. The summed E-state index contributed by atoms with van der Waals surface area (Å²) in [4.78, 5) is 16.9. The monoisotopic (exact) mass is 374 g/mol. The number of carbonyl (C=O) groups excluding carboxylic acids is 1. The number of carbonyl (C=O) groups is 1. The molecular formula is C23H26N4O. The average molecular weight is 374 g/mol. The summed E-state index contributed by atoms with van der Waals surface area (Å²) in [5, 5.41) is 12.3. The van der Waals surface area contributed by atoms with Crippen LogP contribution in [0.15, 0.2) is 54.2 Å². The molecule has 0 aromatic heterocycles. The predicted molar refractivity (Wildman–Crippen MR) is 113 cm³/mol. The molecule has 1 fully saturated rings. The molecule has 1 heterocycles. The predicted octanol–water partition coefficient (Wildman–Crippen LogP) is 3.78. The van der Waals surface area contributed by atoms with E-state index in [0.29, 0.717) is 0 Å². The Labute approximate surface area is 166 Å². The highest BCUT2D eigenvalue weighted by molar-refractivity contribution is 6.06. The van der Waals surface area contributed by atoms with Crippen molar-refractivity contribution in [1.29, 1.82) is 5.26 Å². The summed E-state index contributed by atoms with van der Waals surface area (Å²) in [5.41, 5.74) is 5.46. The zero-order chi connectivity index (χ0) is 20.1. The van der Waals surface area contributed by atoms with Gasteiger partial charge in [-0.2, -0.15) is 5.26 Å². The molecule has 0 atom stereocenters. The highest BCUT2D eigenvalue weighted by atomic mass is 16.1. The summed E-state index contributed by atoms with van der Waals surface area (Å²) < 4.78 is 0. The van der Waals surface area contributed by atoms with E-state index in [1.807, 2.05) is 43.0 Å². The molecule has 0 spiro atoms. The van der Waals surface area contributed by atoms with Gasteiger partial charge in [0.2, 0.25) is 0 Å². The van der Waals surface area contributed by atoms with Crippen LogP contribution in [0.5, 0.6) is 0 Å². The van der Waals surface area contributed by atoms with Gasteiger partial charge in [-0.15, -0.1) is 0 Å². The molecule has 0 aliphatic carbocycles. The third-order valence-electron chi connectivity index (χ3n) is 5.21. The lowest BCUT2D eigenvalue weighted by Gasteiger charge is -2.35. The van der Waals surface area contributed by atoms with Crippen LogP contribution in [-0.2, 0) is 4.79 Å². The molecule has 5 heteroatoms. The average Bonchev–Trinajstić information content (AvgIpc) is 2.70. The van der Waals surface area contributed by atoms with Gasteiger partial charge in [-0.3, -0.25) is 4.79 Å². The molecule has 1 amide bonds. The first-order chi connectivity index (χ1) is 13.5. The van der Waals surface area contributed by atoms with Crippen LogP contribution in [0.1, 0.15) is 16.7 Å². The van der Waals surface area contributed by atoms with E-state index >= 15 is 0 Å². The third-order valence-corrected chi connectivity index (χ3v) is 5.21. The first-order valence-corrected chi connectivity index (χ1v) is 9.53. The molecule has 1 saturated heterocycles. The first-order valence-electron chi connectivity index (χ1n) is 9.53. The Morgan fingerprint density at radius 1 is 1.07 bits per heavy atom. The molecule has 2 aromatic rings. The van der Waals surface area contributed by atoms with E-state index in [2.05, 4.69) is 41.4 Å². The van der Waals surface area contributed by atoms with E-state index < -0.39 is 0 Å². The van der Waals surface area contributed by atoms with Crippen LogP contribution in [0.3, 0.4) is 0 Å². The lowest BCUT2D eigenvalue weighted by atomic mass is 10.1. The largest absolute Gasteiger partial charge is 0.373 e. The fourth-order valence-electron chi connectivity index (χ4n) is 3.33. The van der Waals surface area contributed by atoms with Crippen molar-refractivity contribution in [2.24, 2.45) is 0 Å². The summed E-state index contributed by atoms with van der Waals surface area (Å²) in [6, 6.07) is 16.3. The van der Waals surface area contributed by atoms with E-state index in [4.69, 9.17) is 0 Å². The summed E-state index contributed by atoms with van der Waals surface area (Å²) in [7, 11) is 0. The smallest absolute Gasteiger partial charge is 0.267 e. The van der Waals surface area contributed by atoms with Gasteiger partial charge in [0, 0.05) is 43.8 Å². The molecule has 144 valence electrons. The first kappa shape index (κ1) is 19.5. The van der Waals surface area contributed by atoms with Crippen molar-refractivity contribution in [2.45, 2.75) is 20.8 Å².